The number of anilines is 1. The van der Waals surface area contributed by atoms with Gasteiger partial charge in [-0.1, -0.05) is 18.1 Å². The average Bonchev–Trinajstić information content (AvgIpc) is 2.86. The smallest absolute Gasteiger partial charge is 0.242 e. The van der Waals surface area contributed by atoms with Gasteiger partial charge in [-0.15, -0.1) is 0 Å². The molecular formula is C14H18N4O2. The lowest BCUT2D eigenvalue weighted by atomic mass is 10.2. The van der Waals surface area contributed by atoms with E-state index in [4.69, 9.17) is 4.52 Å². The third-order valence-corrected chi connectivity index (χ3v) is 2.88. The molecule has 6 nitrogen and oxygen atoms in total. The molecule has 0 saturated heterocycles. The molecule has 0 bridgehead atoms. The van der Waals surface area contributed by atoms with Crippen molar-refractivity contribution >= 4 is 11.7 Å². The molecule has 20 heavy (non-hydrogen) atoms. The lowest BCUT2D eigenvalue weighted by Gasteiger charge is -2.15. The minimum atomic E-state index is -0.285. The summed E-state index contributed by atoms with van der Waals surface area (Å²) in [6, 6.07) is 5.24. The van der Waals surface area contributed by atoms with Gasteiger partial charge in [-0.3, -0.25) is 9.78 Å². The number of nitrogens with one attached hydrogen (secondary N) is 2. The Morgan fingerprint density at radius 3 is 2.95 bits per heavy atom. The molecule has 106 valence electrons. The number of aryl methyl sites for hydroxylation is 1. The highest BCUT2D eigenvalue weighted by molar-refractivity contribution is 5.93. The van der Waals surface area contributed by atoms with E-state index in [0.717, 1.165) is 5.56 Å². The summed E-state index contributed by atoms with van der Waals surface area (Å²) in [5, 5.41) is 9.68. The Labute approximate surface area is 117 Å². The number of hydrogen-bond acceptors (Lipinski definition) is 5. The van der Waals surface area contributed by atoms with Gasteiger partial charge in [-0.05, 0) is 25.0 Å². The van der Waals surface area contributed by atoms with E-state index in [1.54, 1.807) is 25.4 Å². The number of hydrogen-bond donors (Lipinski definition) is 2. The second-order valence-electron chi connectivity index (χ2n) is 4.52. The molecule has 2 N–H and O–H groups in total. The van der Waals surface area contributed by atoms with Crippen LogP contribution in [0, 0.1) is 6.92 Å². The first kappa shape index (κ1) is 14.2. The Balaban J connectivity index is 1.89. The van der Waals surface area contributed by atoms with E-state index >= 15 is 0 Å². The fourth-order valence-corrected chi connectivity index (χ4v) is 1.80. The maximum Gasteiger partial charge on any atom is 0.242 e. The summed E-state index contributed by atoms with van der Waals surface area (Å²) >= 11 is 0. The van der Waals surface area contributed by atoms with E-state index in [-0.39, 0.29) is 11.9 Å². The fraction of sp³-hybridized carbons (Fsp3) is 0.357. The van der Waals surface area contributed by atoms with Crippen molar-refractivity contribution in [3.63, 3.8) is 0 Å². The number of rotatable bonds is 6. The van der Waals surface area contributed by atoms with Gasteiger partial charge in [0.25, 0.3) is 0 Å². The first-order chi connectivity index (χ1) is 9.69. The van der Waals surface area contributed by atoms with Gasteiger partial charge >= 0.3 is 0 Å². The van der Waals surface area contributed by atoms with Crippen LogP contribution in [0.25, 0.3) is 0 Å². The zero-order valence-electron chi connectivity index (χ0n) is 11.6. The molecule has 0 aromatic carbocycles. The topological polar surface area (TPSA) is 80.0 Å². The van der Waals surface area contributed by atoms with Crippen LogP contribution in [0.3, 0.4) is 0 Å². The molecule has 0 aliphatic rings. The molecule has 0 radical (unpaired) electrons. The third-order valence-electron chi connectivity index (χ3n) is 2.88. The fourth-order valence-electron chi connectivity index (χ4n) is 1.80. The van der Waals surface area contributed by atoms with Gasteiger partial charge in [-0.2, -0.15) is 0 Å². The van der Waals surface area contributed by atoms with Gasteiger partial charge in [0.05, 0.1) is 6.04 Å². The summed E-state index contributed by atoms with van der Waals surface area (Å²) in [5.41, 5.74) is 1.04. The number of amides is 1. The maximum atomic E-state index is 12.1. The van der Waals surface area contributed by atoms with Crippen molar-refractivity contribution < 1.29 is 9.32 Å². The van der Waals surface area contributed by atoms with Crippen LogP contribution in [0.2, 0.25) is 0 Å². The Morgan fingerprint density at radius 2 is 2.35 bits per heavy atom. The molecule has 2 heterocycles. The van der Waals surface area contributed by atoms with E-state index in [0.29, 0.717) is 24.5 Å². The third kappa shape index (κ3) is 3.89. The minimum absolute atomic E-state index is 0.121. The van der Waals surface area contributed by atoms with Gasteiger partial charge in [0.2, 0.25) is 5.91 Å². The molecule has 1 atom stereocenters. The summed E-state index contributed by atoms with van der Waals surface area (Å²) < 4.78 is 4.91. The summed E-state index contributed by atoms with van der Waals surface area (Å²) in [5.74, 6) is 0.982. The molecule has 0 unspecified atom stereocenters. The molecule has 0 saturated carbocycles. The zero-order valence-corrected chi connectivity index (χ0v) is 11.6. The number of aromatic nitrogens is 2. The highest BCUT2D eigenvalue weighted by atomic mass is 16.5. The number of nitrogens with zero attached hydrogens (tertiary/aromatic N) is 2. The predicted molar refractivity (Wildman–Crippen MR) is 75.0 cm³/mol. The Kier molecular flexibility index (Phi) is 4.84. The quantitative estimate of drug-likeness (QED) is 0.840. The zero-order chi connectivity index (χ0) is 14.4. The Bertz CT molecular complexity index is 553. The number of carbonyl (C=O) groups excluding carboxylic acids is 1. The van der Waals surface area contributed by atoms with Crippen molar-refractivity contribution in [1.29, 1.82) is 0 Å². The molecular weight excluding hydrogens is 256 g/mol. The van der Waals surface area contributed by atoms with E-state index in [1.165, 1.54) is 0 Å². The van der Waals surface area contributed by atoms with Crippen LogP contribution in [0.4, 0.5) is 5.82 Å². The van der Waals surface area contributed by atoms with E-state index in [9.17, 15) is 4.79 Å². The lowest BCUT2D eigenvalue weighted by Crippen LogP contribution is -2.39. The van der Waals surface area contributed by atoms with Crippen LogP contribution in [-0.4, -0.2) is 22.1 Å². The van der Waals surface area contributed by atoms with Crippen LogP contribution >= 0.6 is 0 Å². The summed E-state index contributed by atoms with van der Waals surface area (Å²) in [7, 11) is 0. The largest absolute Gasteiger partial charge is 0.360 e. The summed E-state index contributed by atoms with van der Waals surface area (Å²) in [6.07, 6.45) is 4.18. The normalized spacial score (nSPS) is 12.1. The average molecular weight is 274 g/mol. The molecule has 2 rings (SSSR count). The summed E-state index contributed by atoms with van der Waals surface area (Å²) in [6.45, 7) is 4.33. The van der Waals surface area contributed by atoms with Crippen LogP contribution in [0.1, 0.15) is 24.7 Å². The van der Waals surface area contributed by atoms with Crippen molar-refractivity contribution in [3.05, 3.63) is 41.9 Å². The van der Waals surface area contributed by atoms with Crippen molar-refractivity contribution in [1.82, 2.24) is 15.5 Å². The molecule has 2 aromatic heterocycles. The van der Waals surface area contributed by atoms with Crippen molar-refractivity contribution in [2.45, 2.75) is 32.9 Å². The SMILES string of the molecule is CC[C@H](NCc1cccnc1)C(=O)Nc1cc(C)on1. The Hall–Kier alpha value is -2.21. The first-order valence-electron chi connectivity index (χ1n) is 6.55. The number of carbonyl (C=O) groups is 1. The first-order valence-corrected chi connectivity index (χ1v) is 6.55. The van der Waals surface area contributed by atoms with E-state index in [1.807, 2.05) is 19.1 Å². The Morgan fingerprint density at radius 1 is 1.50 bits per heavy atom. The number of pyridine rings is 1. The maximum absolute atomic E-state index is 12.1. The van der Waals surface area contributed by atoms with E-state index < -0.39 is 0 Å². The van der Waals surface area contributed by atoms with Crippen molar-refractivity contribution in [2.24, 2.45) is 0 Å². The second kappa shape index (κ2) is 6.81. The molecule has 1 amide bonds. The van der Waals surface area contributed by atoms with Gasteiger partial charge in [0.15, 0.2) is 5.82 Å². The van der Waals surface area contributed by atoms with Gasteiger partial charge in [0.1, 0.15) is 5.76 Å². The van der Waals surface area contributed by atoms with Crippen LogP contribution in [-0.2, 0) is 11.3 Å². The monoisotopic (exact) mass is 274 g/mol. The van der Waals surface area contributed by atoms with Crippen molar-refractivity contribution in [2.75, 3.05) is 5.32 Å². The van der Waals surface area contributed by atoms with E-state index in [2.05, 4.69) is 20.8 Å². The molecule has 0 fully saturated rings. The predicted octanol–water partition coefficient (Wildman–Crippen LogP) is 1.88. The molecule has 0 spiro atoms. The van der Waals surface area contributed by atoms with Crippen LogP contribution in [0.5, 0.6) is 0 Å². The van der Waals surface area contributed by atoms with Crippen LogP contribution in [0.15, 0.2) is 35.1 Å². The lowest BCUT2D eigenvalue weighted by molar-refractivity contribution is -0.118. The summed E-state index contributed by atoms with van der Waals surface area (Å²) in [4.78, 5) is 16.1. The van der Waals surface area contributed by atoms with Gasteiger partial charge in [-0.25, -0.2) is 0 Å². The van der Waals surface area contributed by atoms with Crippen molar-refractivity contribution in [3.8, 4) is 0 Å². The molecule has 0 aliphatic heterocycles. The molecule has 2 aromatic rings. The standard InChI is InChI=1S/C14H18N4O2/c1-3-12(16-9-11-5-4-6-15-8-11)14(19)17-13-7-10(2)20-18-13/h4-8,12,16H,3,9H2,1-2H3,(H,17,18,19)/t12-/m0/s1. The second-order valence-corrected chi connectivity index (χ2v) is 4.52. The highest BCUT2D eigenvalue weighted by Crippen LogP contribution is 2.08. The van der Waals surface area contributed by atoms with Gasteiger partial charge < -0.3 is 15.2 Å². The molecule has 0 aliphatic carbocycles. The molecule has 6 heteroatoms. The highest BCUT2D eigenvalue weighted by Gasteiger charge is 2.17. The van der Waals surface area contributed by atoms with Gasteiger partial charge in [0, 0.05) is 25.0 Å². The minimum Gasteiger partial charge on any atom is -0.360 e. The van der Waals surface area contributed by atoms with Crippen LogP contribution < -0.4 is 10.6 Å².